The number of hydrogen-bond acceptors (Lipinski definition) is 5. The van der Waals surface area contributed by atoms with Crippen molar-refractivity contribution in [2.45, 2.75) is 17.9 Å². The first-order chi connectivity index (χ1) is 9.34. The van der Waals surface area contributed by atoms with Crippen LogP contribution in [0, 0.1) is 0 Å². The molecule has 0 spiro atoms. The molecule has 0 amide bonds. The van der Waals surface area contributed by atoms with Gasteiger partial charge in [-0.25, -0.2) is 8.42 Å². The molecular weight excluding hydrogens is 296 g/mol. The minimum Gasteiger partial charge on any atom is -0.388 e. The number of sulfonamides is 1. The fourth-order valence-electron chi connectivity index (χ4n) is 2.16. The van der Waals surface area contributed by atoms with Crippen molar-refractivity contribution < 1.29 is 8.42 Å². The Labute approximate surface area is 124 Å². The van der Waals surface area contributed by atoms with Gasteiger partial charge in [-0.1, -0.05) is 12.2 Å². The molecule has 20 heavy (non-hydrogen) atoms. The molecule has 0 saturated carbocycles. The topological polar surface area (TPSA) is 79.5 Å². The van der Waals surface area contributed by atoms with E-state index in [4.69, 9.17) is 18.0 Å². The van der Waals surface area contributed by atoms with Crippen LogP contribution in [0.2, 0.25) is 0 Å². The number of nitrogens with two attached hydrogens (primary N) is 1. The van der Waals surface area contributed by atoms with Gasteiger partial charge in [0.15, 0.2) is 0 Å². The van der Waals surface area contributed by atoms with Gasteiger partial charge in [0.2, 0.25) is 10.0 Å². The van der Waals surface area contributed by atoms with Crippen LogP contribution in [-0.2, 0) is 10.0 Å². The maximum atomic E-state index is 12.7. The second-order valence-electron chi connectivity index (χ2n) is 4.91. The van der Waals surface area contributed by atoms with Crippen molar-refractivity contribution in [1.82, 2.24) is 14.2 Å². The van der Waals surface area contributed by atoms with E-state index in [9.17, 15) is 8.42 Å². The normalized spacial score (nSPS) is 21.8. The molecule has 0 aliphatic carbocycles. The molecule has 8 heteroatoms. The Bertz CT molecular complexity index is 618. The zero-order valence-electron chi connectivity index (χ0n) is 11.5. The van der Waals surface area contributed by atoms with E-state index in [0.29, 0.717) is 19.6 Å². The molecule has 1 atom stereocenters. The Hall–Kier alpha value is -1.09. The van der Waals surface area contributed by atoms with Crippen LogP contribution >= 0.6 is 12.2 Å². The van der Waals surface area contributed by atoms with E-state index in [1.54, 1.807) is 6.07 Å². The Morgan fingerprint density at radius 1 is 1.50 bits per heavy atom. The van der Waals surface area contributed by atoms with E-state index in [-0.39, 0.29) is 21.6 Å². The third-order valence-electron chi connectivity index (χ3n) is 3.54. The molecule has 1 aromatic rings. The Kier molecular flexibility index (Phi) is 4.38. The molecular formula is C12H18N4O2S2. The van der Waals surface area contributed by atoms with Crippen molar-refractivity contribution >= 4 is 27.2 Å². The maximum absolute atomic E-state index is 12.7. The van der Waals surface area contributed by atoms with E-state index < -0.39 is 10.0 Å². The molecule has 1 aromatic heterocycles. The minimum absolute atomic E-state index is 0.00801. The fraction of sp³-hybridized carbons (Fsp3) is 0.500. The van der Waals surface area contributed by atoms with Crippen molar-refractivity contribution in [1.29, 1.82) is 0 Å². The highest BCUT2D eigenvalue weighted by Crippen LogP contribution is 2.21. The molecule has 2 heterocycles. The Morgan fingerprint density at radius 3 is 2.80 bits per heavy atom. The highest BCUT2D eigenvalue weighted by Gasteiger charge is 2.32. The van der Waals surface area contributed by atoms with Gasteiger partial charge in [-0.15, -0.1) is 0 Å². The summed E-state index contributed by atoms with van der Waals surface area (Å²) < 4.78 is 26.9. The van der Waals surface area contributed by atoms with Crippen LogP contribution in [0.3, 0.4) is 0 Å². The first kappa shape index (κ1) is 15.3. The summed E-state index contributed by atoms with van der Waals surface area (Å²) in [5.74, 6) is 0. The van der Waals surface area contributed by atoms with E-state index in [1.807, 2.05) is 14.0 Å². The van der Waals surface area contributed by atoms with E-state index in [1.165, 1.54) is 16.6 Å². The van der Waals surface area contributed by atoms with Crippen molar-refractivity contribution in [3.8, 4) is 0 Å². The molecule has 6 nitrogen and oxygen atoms in total. The Balaban J connectivity index is 2.39. The van der Waals surface area contributed by atoms with Crippen LogP contribution in [0.4, 0.5) is 0 Å². The van der Waals surface area contributed by atoms with Gasteiger partial charge in [0.25, 0.3) is 0 Å². The quantitative estimate of drug-likeness (QED) is 0.794. The summed E-state index contributed by atoms with van der Waals surface area (Å²) in [7, 11) is -1.63. The average molecular weight is 314 g/mol. The zero-order valence-corrected chi connectivity index (χ0v) is 13.1. The van der Waals surface area contributed by atoms with Crippen LogP contribution in [0.1, 0.15) is 12.6 Å². The van der Waals surface area contributed by atoms with Gasteiger partial charge in [-0.05, 0) is 26.1 Å². The van der Waals surface area contributed by atoms with Crippen LogP contribution in [0.15, 0.2) is 23.2 Å². The summed E-state index contributed by atoms with van der Waals surface area (Å²) in [5, 5.41) is 0. The van der Waals surface area contributed by atoms with Crippen LogP contribution in [0.25, 0.3) is 0 Å². The molecule has 0 bridgehead atoms. The maximum Gasteiger partial charge on any atom is 0.245 e. The summed E-state index contributed by atoms with van der Waals surface area (Å²) in [6, 6.07) is 3.25. The number of pyridine rings is 1. The second-order valence-corrected chi connectivity index (χ2v) is 7.25. The minimum atomic E-state index is -3.62. The average Bonchev–Trinajstić information content (AvgIpc) is 2.41. The summed E-state index contributed by atoms with van der Waals surface area (Å²) >= 11 is 4.89. The summed E-state index contributed by atoms with van der Waals surface area (Å²) in [5.41, 5.74) is 5.73. The third kappa shape index (κ3) is 2.83. The van der Waals surface area contributed by atoms with Gasteiger partial charge in [-0.2, -0.15) is 4.31 Å². The van der Waals surface area contributed by atoms with Gasteiger partial charge in [-0.3, -0.25) is 4.98 Å². The van der Waals surface area contributed by atoms with Crippen LogP contribution in [0.5, 0.6) is 0 Å². The fourth-order valence-corrected chi connectivity index (χ4v) is 4.05. The standard InChI is InChI=1S/C12H18N4O2S2/c1-9-8-16(7-6-15(9)2)20(17,18)10-4-3-5-14-11(10)12(13)19/h3-5,9H,6-8H2,1-2H3,(H2,13,19). The third-order valence-corrected chi connectivity index (χ3v) is 5.63. The van der Waals surface area contributed by atoms with Gasteiger partial charge in [0, 0.05) is 31.9 Å². The lowest BCUT2D eigenvalue weighted by molar-refractivity contribution is 0.159. The number of nitrogens with zero attached hydrogens (tertiary/aromatic N) is 3. The monoisotopic (exact) mass is 314 g/mol. The van der Waals surface area contributed by atoms with Crippen LogP contribution in [-0.4, -0.2) is 60.3 Å². The molecule has 1 aliphatic rings. The second kappa shape index (κ2) is 5.72. The van der Waals surface area contributed by atoms with Gasteiger partial charge in [0.1, 0.15) is 15.6 Å². The number of rotatable bonds is 3. The molecule has 2 rings (SSSR count). The van der Waals surface area contributed by atoms with Gasteiger partial charge in [0.05, 0.1) is 0 Å². The lowest BCUT2D eigenvalue weighted by Crippen LogP contribution is -2.52. The lowest BCUT2D eigenvalue weighted by Gasteiger charge is -2.36. The number of hydrogen-bond donors (Lipinski definition) is 1. The molecule has 0 aromatic carbocycles. The molecule has 1 unspecified atom stereocenters. The Morgan fingerprint density at radius 2 is 2.20 bits per heavy atom. The van der Waals surface area contributed by atoms with Crippen molar-refractivity contribution in [3.05, 3.63) is 24.0 Å². The molecule has 110 valence electrons. The van der Waals surface area contributed by atoms with Gasteiger partial charge < -0.3 is 10.6 Å². The van der Waals surface area contributed by atoms with Gasteiger partial charge >= 0.3 is 0 Å². The smallest absolute Gasteiger partial charge is 0.245 e. The molecule has 1 fully saturated rings. The van der Waals surface area contributed by atoms with E-state index in [0.717, 1.165) is 0 Å². The first-order valence-electron chi connectivity index (χ1n) is 6.29. The summed E-state index contributed by atoms with van der Waals surface area (Å²) in [4.78, 5) is 6.20. The summed E-state index contributed by atoms with van der Waals surface area (Å²) in [6.07, 6.45) is 1.49. The van der Waals surface area contributed by atoms with E-state index >= 15 is 0 Å². The zero-order chi connectivity index (χ0) is 14.9. The highest BCUT2D eigenvalue weighted by molar-refractivity contribution is 7.89. The van der Waals surface area contributed by atoms with Crippen molar-refractivity contribution in [2.24, 2.45) is 5.73 Å². The number of likely N-dealkylation sites (N-methyl/N-ethyl adjacent to an activating group) is 1. The molecule has 1 aliphatic heterocycles. The number of piperazine rings is 1. The number of thiocarbonyl (C=S) groups is 1. The van der Waals surface area contributed by atoms with Crippen molar-refractivity contribution in [3.63, 3.8) is 0 Å². The first-order valence-corrected chi connectivity index (χ1v) is 8.14. The van der Waals surface area contributed by atoms with Crippen LogP contribution < -0.4 is 5.73 Å². The largest absolute Gasteiger partial charge is 0.388 e. The predicted molar refractivity (Wildman–Crippen MR) is 81.0 cm³/mol. The predicted octanol–water partition coefficient (Wildman–Crippen LogP) is 0.0404. The SMILES string of the molecule is CC1CN(S(=O)(=O)c2cccnc2C(N)=S)CCN1C. The highest BCUT2D eigenvalue weighted by atomic mass is 32.2. The van der Waals surface area contributed by atoms with E-state index in [2.05, 4.69) is 9.88 Å². The molecule has 2 N–H and O–H groups in total. The summed E-state index contributed by atoms with van der Waals surface area (Å²) in [6.45, 7) is 3.60. The molecule has 0 radical (unpaired) electrons. The molecule has 1 saturated heterocycles. The number of aromatic nitrogens is 1. The lowest BCUT2D eigenvalue weighted by atomic mass is 10.2. The van der Waals surface area contributed by atoms with Crippen molar-refractivity contribution in [2.75, 3.05) is 26.7 Å².